The van der Waals surface area contributed by atoms with Gasteiger partial charge in [0.05, 0.1) is 12.3 Å². The molecule has 2 rings (SSSR count). The second kappa shape index (κ2) is 6.55. The minimum Gasteiger partial charge on any atom is -0.506 e. The van der Waals surface area contributed by atoms with E-state index >= 15 is 0 Å². The van der Waals surface area contributed by atoms with Crippen LogP contribution in [0, 0.1) is 18.8 Å². The van der Waals surface area contributed by atoms with Crippen molar-refractivity contribution in [3.8, 4) is 5.75 Å². The lowest BCUT2D eigenvalue weighted by Crippen LogP contribution is -2.38. The zero-order chi connectivity index (χ0) is 14.7. The Morgan fingerprint density at radius 2 is 2.10 bits per heavy atom. The first-order valence-corrected chi connectivity index (χ1v) is 7.53. The van der Waals surface area contributed by atoms with Gasteiger partial charge >= 0.3 is 0 Å². The number of aryl methyl sites for hydroxylation is 1. The Kier molecular flexibility index (Phi) is 5.00. The van der Waals surface area contributed by atoms with Gasteiger partial charge in [-0.2, -0.15) is 0 Å². The van der Waals surface area contributed by atoms with E-state index in [1.54, 1.807) is 13.1 Å². The number of pyridine rings is 1. The third-order valence-corrected chi connectivity index (χ3v) is 4.57. The third-order valence-electron chi connectivity index (χ3n) is 4.57. The van der Waals surface area contributed by atoms with Gasteiger partial charge in [-0.1, -0.05) is 13.8 Å². The summed E-state index contributed by atoms with van der Waals surface area (Å²) in [5.74, 6) is 1.68. The Morgan fingerprint density at radius 3 is 2.75 bits per heavy atom. The highest BCUT2D eigenvalue weighted by atomic mass is 16.3. The molecule has 1 heterocycles. The summed E-state index contributed by atoms with van der Waals surface area (Å²) in [5, 5.41) is 23.1. The smallest absolute Gasteiger partial charge is 0.141 e. The molecule has 1 fully saturated rings. The molecule has 0 amide bonds. The van der Waals surface area contributed by atoms with Crippen molar-refractivity contribution in [3.05, 3.63) is 23.0 Å². The third kappa shape index (κ3) is 3.30. The lowest BCUT2D eigenvalue weighted by atomic mass is 9.80. The molecule has 4 heteroatoms. The summed E-state index contributed by atoms with van der Waals surface area (Å²) >= 11 is 0. The lowest BCUT2D eigenvalue weighted by molar-refractivity contribution is 0.225. The van der Waals surface area contributed by atoms with Gasteiger partial charge in [0, 0.05) is 29.9 Å². The van der Waals surface area contributed by atoms with E-state index in [0.717, 1.165) is 11.5 Å². The summed E-state index contributed by atoms with van der Waals surface area (Å²) in [7, 11) is 0. The summed E-state index contributed by atoms with van der Waals surface area (Å²) in [5.41, 5.74) is 2.10. The Balaban J connectivity index is 2.05. The van der Waals surface area contributed by atoms with Crippen LogP contribution < -0.4 is 5.32 Å². The topological polar surface area (TPSA) is 65.4 Å². The van der Waals surface area contributed by atoms with Crippen molar-refractivity contribution >= 4 is 0 Å². The van der Waals surface area contributed by atoms with Crippen LogP contribution in [0.25, 0.3) is 0 Å². The monoisotopic (exact) mass is 278 g/mol. The minimum atomic E-state index is -0.0882. The molecule has 4 nitrogen and oxygen atoms in total. The van der Waals surface area contributed by atoms with Gasteiger partial charge in [0.1, 0.15) is 5.75 Å². The number of aliphatic hydroxyl groups is 1. The van der Waals surface area contributed by atoms with E-state index in [-0.39, 0.29) is 12.4 Å². The summed E-state index contributed by atoms with van der Waals surface area (Å²) in [6.45, 7) is 6.89. The standard InChI is InChI=1S/C16H26N2O2/c1-10-4-5-15(11(2)6-10)18-8-14-13(9-19)7-17-12(3)16(14)20/h7,10-11,15,18-20H,4-6,8-9H2,1-3H3. The van der Waals surface area contributed by atoms with Crippen molar-refractivity contribution in [2.75, 3.05) is 0 Å². The Bertz CT molecular complexity index is 462. The van der Waals surface area contributed by atoms with Crippen LogP contribution in [0.4, 0.5) is 0 Å². The van der Waals surface area contributed by atoms with Crippen LogP contribution in [0.1, 0.15) is 49.9 Å². The zero-order valence-electron chi connectivity index (χ0n) is 12.7. The lowest BCUT2D eigenvalue weighted by Gasteiger charge is -2.33. The van der Waals surface area contributed by atoms with Crippen LogP contribution in [0.5, 0.6) is 5.75 Å². The fourth-order valence-electron chi connectivity index (χ4n) is 3.22. The van der Waals surface area contributed by atoms with Gasteiger partial charge in [0.25, 0.3) is 0 Å². The highest BCUT2D eigenvalue weighted by Crippen LogP contribution is 2.30. The zero-order valence-corrected chi connectivity index (χ0v) is 12.7. The number of nitrogens with zero attached hydrogens (tertiary/aromatic N) is 1. The first-order valence-electron chi connectivity index (χ1n) is 7.53. The van der Waals surface area contributed by atoms with Gasteiger partial charge in [0.15, 0.2) is 0 Å². The first-order chi connectivity index (χ1) is 9.52. The molecule has 1 aliphatic carbocycles. The van der Waals surface area contributed by atoms with Crippen LogP contribution in [0.3, 0.4) is 0 Å². The molecule has 0 aromatic carbocycles. The van der Waals surface area contributed by atoms with Crippen LogP contribution in [0.15, 0.2) is 6.20 Å². The second-order valence-corrected chi connectivity index (χ2v) is 6.24. The summed E-state index contributed by atoms with van der Waals surface area (Å²) in [6.07, 6.45) is 5.35. The van der Waals surface area contributed by atoms with E-state index < -0.39 is 0 Å². The maximum Gasteiger partial charge on any atom is 0.141 e. The van der Waals surface area contributed by atoms with Gasteiger partial charge in [-0.25, -0.2) is 0 Å². The van der Waals surface area contributed by atoms with Crippen molar-refractivity contribution in [2.24, 2.45) is 11.8 Å². The maximum absolute atomic E-state index is 10.1. The summed E-state index contributed by atoms with van der Waals surface area (Å²) in [6, 6.07) is 0.491. The van der Waals surface area contributed by atoms with Gasteiger partial charge in [0.2, 0.25) is 0 Å². The molecule has 1 aliphatic rings. The van der Waals surface area contributed by atoms with Crippen LogP contribution in [-0.4, -0.2) is 21.2 Å². The predicted octanol–water partition coefficient (Wildman–Crippen LogP) is 2.50. The molecular weight excluding hydrogens is 252 g/mol. The maximum atomic E-state index is 10.1. The van der Waals surface area contributed by atoms with Crippen molar-refractivity contribution in [3.63, 3.8) is 0 Å². The van der Waals surface area contributed by atoms with Gasteiger partial charge in [-0.05, 0) is 38.0 Å². The molecule has 0 bridgehead atoms. The number of aromatic nitrogens is 1. The first kappa shape index (κ1) is 15.3. The number of hydrogen-bond acceptors (Lipinski definition) is 4. The van der Waals surface area contributed by atoms with Crippen molar-refractivity contribution in [1.29, 1.82) is 0 Å². The molecule has 0 radical (unpaired) electrons. The van der Waals surface area contributed by atoms with Gasteiger partial charge in [-0.3, -0.25) is 4.98 Å². The van der Waals surface area contributed by atoms with Gasteiger partial charge in [-0.15, -0.1) is 0 Å². The predicted molar refractivity (Wildman–Crippen MR) is 79.4 cm³/mol. The van der Waals surface area contributed by atoms with Crippen LogP contribution >= 0.6 is 0 Å². The molecule has 20 heavy (non-hydrogen) atoms. The highest BCUT2D eigenvalue weighted by Gasteiger charge is 2.25. The van der Waals surface area contributed by atoms with E-state index in [4.69, 9.17) is 0 Å². The van der Waals surface area contributed by atoms with E-state index in [9.17, 15) is 10.2 Å². The number of nitrogens with one attached hydrogen (secondary N) is 1. The number of hydrogen-bond donors (Lipinski definition) is 3. The molecular formula is C16H26N2O2. The fraction of sp³-hybridized carbons (Fsp3) is 0.688. The SMILES string of the molecule is Cc1ncc(CO)c(CNC2CCC(C)CC2C)c1O. The van der Waals surface area contributed by atoms with Gasteiger partial charge < -0.3 is 15.5 Å². The molecule has 0 aliphatic heterocycles. The minimum absolute atomic E-state index is 0.0882. The number of aromatic hydroxyl groups is 1. The molecule has 112 valence electrons. The van der Waals surface area contributed by atoms with Crippen molar-refractivity contribution in [2.45, 2.75) is 59.2 Å². The van der Waals surface area contributed by atoms with Crippen molar-refractivity contribution in [1.82, 2.24) is 10.3 Å². The Labute approximate surface area is 121 Å². The molecule has 1 saturated carbocycles. The summed E-state index contributed by atoms with van der Waals surface area (Å²) in [4.78, 5) is 4.09. The van der Waals surface area contributed by atoms with E-state index in [1.807, 2.05) is 0 Å². The fourth-order valence-corrected chi connectivity index (χ4v) is 3.22. The average Bonchev–Trinajstić information content (AvgIpc) is 2.42. The Hall–Kier alpha value is -1.13. The van der Waals surface area contributed by atoms with E-state index in [0.29, 0.717) is 29.8 Å². The van der Waals surface area contributed by atoms with Crippen LogP contribution in [0.2, 0.25) is 0 Å². The average molecular weight is 278 g/mol. The molecule has 1 aromatic heterocycles. The highest BCUT2D eigenvalue weighted by molar-refractivity contribution is 5.40. The normalized spacial score (nSPS) is 26.7. The molecule has 0 saturated heterocycles. The molecule has 3 atom stereocenters. The molecule has 3 unspecified atom stereocenters. The number of aliphatic hydroxyl groups excluding tert-OH is 1. The Morgan fingerprint density at radius 1 is 1.35 bits per heavy atom. The molecule has 1 aromatic rings. The van der Waals surface area contributed by atoms with Crippen molar-refractivity contribution < 1.29 is 10.2 Å². The van der Waals surface area contributed by atoms with E-state index in [2.05, 4.69) is 24.1 Å². The quantitative estimate of drug-likeness (QED) is 0.792. The largest absolute Gasteiger partial charge is 0.506 e. The van der Waals surface area contributed by atoms with E-state index in [1.165, 1.54) is 19.3 Å². The van der Waals surface area contributed by atoms with Crippen LogP contribution in [-0.2, 0) is 13.2 Å². The second-order valence-electron chi connectivity index (χ2n) is 6.24. The molecule has 0 spiro atoms. The summed E-state index contributed by atoms with van der Waals surface area (Å²) < 4.78 is 0. The number of rotatable bonds is 4. The molecule has 3 N–H and O–H groups in total.